The van der Waals surface area contributed by atoms with Crippen LogP contribution in [-0.2, 0) is 0 Å². The van der Waals surface area contributed by atoms with E-state index in [0.29, 0.717) is 0 Å². The van der Waals surface area contributed by atoms with Gasteiger partial charge in [0.2, 0.25) is 0 Å². The van der Waals surface area contributed by atoms with Crippen molar-refractivity contribution < 1.29 is 0 Å². The summed E-state index contributed by atoms with van der Waals surface area (Å²) in [5.74, 6) is 0. The zero-order valence-corrected chi connectivity index (χ0v) is 34.8. The summed E-state index contributed by atoms with van der Waals surface area (Å²) in [6, 6.07) is 85.3. The van der Waals surface area contributed by atoms with Crippen LogP contribution in [0.25, 0.3) is 132 Å². The first-order valence-corrected chi connectivity index (χ1v) is 22.2. The molecule has 11 aromatic carbocycles. The average molecular weight is 811 g/mol. The van der Waals surface area contributed by atoms with E-state index in [9.17, 15) is 0 Å². The van der Waals surface area contributed by atoms with Crippen molar-refractivity contribution in [2.24, 2.45) is 0 Å². The van der Waals surface area contributed by atoms with E-state index in [1.165, 1.54) is 121 Å². The molecule has 0 saturated heterocycles. The summed E-state index contributed by atoms with van der Waals surface area (Å²) in [7, 11) is 0. The lowest BCUT2D eigenvalue weighted by atomic mass is 9.95. The molecular formula is C62H38N2. The van der Waals surface area contributed by atoms with Gasteiger partial charge in [0.15, 0.2) is 0 Å². The third kappa shape index (κ3) is 5.14. The molecule has 13 aromatic rings. The van der Waals surface area contributed by atoms with Gasteiger partial charge in [0, 0.05) is 38.3 Å². The molecule has 0 radical (unpaired) electrons. The fourth-order valence-electron chi connectivity index (χ4n) is 10.9. The average Bonchev–Trinajstić information content (AvgIpc) is 4.00. The predicted octanol–water partition coefficient (Wildman–Crippen LogP) is 16.8. The highest BCUT2D eigenvalue weighted by molar-refractivity contribution is 6.20. The molecule has 0 amide bonds. The van der Waals surface area contributed by atoms with Gasteiger partial charge in [0.05, 0.1) is 22.1 Å². The highest BCUT2D eigenvalue weighted by Crippen LogP contribution is 2.48. The maximum atomic E-state index is 2.50. The van der Waals surface area contributed by atoms with Crippen molar-refractivity contribution in [3.05, 3.63) is 231 Å². The van der Waals surface area contributed by atoms with Crippen LogP contribution in [0.15, 0.2) is 231 Å². The zero-order chi connectivity index (χ0) is 41.9. The second kappa shape index (κ2) is 13.5. The van der Waals surface area contributed by atoms with E-state index in [4.69, 9.17) is 0 Å². The molecule has 1 aliphatic carbocycles. The van der Waals surface area contributed by atoms with Gasteiger partial charge >= 0.3 is 0 Å². The molecule has 296 valence electrons. The minimum atomic E-state index is 1.14. The van der Waals surface area contributed by atoms with Gasteiger partial charge in [-0.1, -0.05) is 176 Å². The van der Waals surface area contributed by atoms with Gasteiger partial charge in [-0.05, 0) is 126 Å². The monoisotopic (exact) mass is 810 g/mol. The van der Waals surface area contributed by atoms with Crippen LogP contribution in [0, 0.1) is 0 Å². The Labute approximate surface area is 370 Å². The number of para-hydroxylation sites is 2. The van der Waals surface area contributed by atoms with Crippen LogP contribution in [0.5, 0.6) is 0 Å². The van der Waals surface area contributed by atoms with Gasteiger partial charge in [0.1, 0.15) is 0 Å². The molecule has 0 unspecified atom stereocenters. The van der Waals surface area contributed by atoms with Crippen LogP contribution in [0.4, 0.5) is 0 Å². The summed E-state index contributed by atoms with van der Waals surface area (Å²) in [6.07, 6.45) is 0. The molecule has 0 N–H and O–H groups in total. The Balaban J connectivity index is 0.925. The first-order chi connectivity index (χ1) is 31.7. The van der Waals surface area contributed by atoms with Crippen molar-refractivity contribution in [3.8, 4) is 67.0 Å². The van der Waals surface area contributed by atoms with Crippen LogP contribution in [0.3, 0.4) is 0 Å². The largest absolute Gasteiger partial charge is 0.309 e. The van der Waals surface area contributed by atoms with E-state index in [1.807, 2.05) is 0 Å². The third-order valence-corrected chi connectivity index (χ3v) is 13.8. The first-order valence-electron chi connectivity index (χ1n) is 22.2. The summed E-state index contributed by atoms with van der Waals surface area (Å²) in [5.41, 5.74) is 19.6. The molecule has 14 rings (SSSR count). The fourth-order valence-corrected chi connectivity index (χ4v) is 10.9. The Morgan fingerprint density at radius 2 is 0.766 bits per heavy atom. The molecule has 0 spiro atoms. The van der Waals surface area contributed by atoms with E-state index < -0.39 is 0 Å². The second-order valence-corrected chi connectivity index (χ2v) is 17.3. The Morgan fingerprint density at radius 3 is 1.56 bits per heavy atom. The normalized spacial score (nSPS) is 12.1. The standard InChI is InChI=1S/C62H38N2/c1-2-18-47(19-3-1)63-58-25-7-6-22-51(58)52-31-28-45(37-59(52)63)46-29-32-53-56-33-26-39-12-4-5-21-49(39)62(56)64(60(53)38-46)48-20-9-17-43(35-48)41-15-8-16-42(34-41)44-27-30-50-54-23-10-13-40-14-11-24-55(61(40)54)57(50)36-44/h1-38H. The molecule has 0 fully saturated rings. The number of hydrogen-bond donors (Lipinski definition) is 0. The lowest BCUT2D eigenvalue weighted by Crippen LogP contribution is -1.96. The quantitative estimate of drug-likeness (QED) is 0.164. The van der Waals surface area contributed by atoms with Crippen molar-refractivity contribution >= 4 is 65.2 Å². The van der Waals surface area contributed by atoms with Gasteiger partial charge in [-0.3, -0.25) is 0 Å². The molecule has 2 aromatic heterocycles. The summed E-state index contributed by atoms with van der Waals surface area (Å²) < 4.78 is 4.90. The minimum Gasteiger partial charge on any atom is -0.309 e. The van der Waals surface area contributed by atoms with Crippen LogP contribution in [0.2, 0.25) is 0 Å². The van der Waals surface area contributed by atoms with Crippen LogP contribution in [-0.4, -0.2) is 9.13 Å². The third-order valence-electron chi connectivity index (χ3n) is 13.8. The van der Waals surface area contributed by atoms with E-state index in [2.05, 4.69) is 240 Å². The molecule has 0 aliphatic heterocycles. The molecular weight excluding hydrogens is 773 g/mol. The lowest BCUT2D eigenvalue weighted by Gasteiger charge is -2.13. The van der Waals surface area contributed by atoms with Crippen LogP contribution < -0.4 is 0 Å². The highest BCUT2D eigenvalue weighted by atomic mass is 15.0. The number of aromatic nitrogens is 2. The molecule has 0 bridgehead atoms. The van der Waals surface area contributed by atoms with E-state index in [0.717, 1.165) is 11.4 Å². The van der Waals surface area contributed by atoms with Crippen molar-refractivity contribution in [1.82, 2.24) is 9.13 Å². The van der Waals surface area contributed by atoms with Crippen LogP contribution in [0.1, 0.15) is 0 Å². The number of fused-ring (bicyclic) bond motifs is 11. The lowest BCUT2D eigenvalue weighted by molar-refractivity contribution is 1.18. The number of rotatable bonds is 5. The SMILES string of the molecule is c1ccc(-n2c3ccccc3c3ccc(-c4ccc5c6ccc7ccccc7c6n(-c6cccc(-c7cccc(-c8ccc9c(c8)-c8cccc%10cccc-9c8%10)c7)c6)c5c4)cc32)cc1. The Morgan fingerprint density at radius 1 is 0.234 bits per heavy atom. The maximum absolute atomic E-state index is 2.50. The smallest absolute Gasteiger partial charge is 0.0619 e. The Hall–Kier alpha value is -8.46. The molecule has 0 atom stereocenters. The van der Waals surface area contributed by atoms with Gasteiger partial charge in [-0.15, -0.1) is 0 Å². The summed E-state index contributed by atoms with van der Waals surface area (Å²) in [4.78, 5) is 0. The minimum absolute atomic E-state index is 1.14. The van der Waals surface area contributed by atoms with Crippen LogP contribution >= 0.6 is 0 Å². The van der Waals surface area contributed by atoms with Gasteiger partial charge in [-0.25, -0.2) is 0 Å². The Bertz CT molecular complexity index is 4060. The maximum Gasteiger partial charge on any atom is 0.0619 e. The second-order valence-electron chi connectivity index (χ2n) is 17.3. The van der Waals surface area contributed by atoms with Crippen molar-refractivity contribution in [2.75, 3.05) is 0 Å². The van der Waals surface area contributed by atoms with E-state index in [-0.39, 0.29) is 0 Å². The number of hydrogen-bond acceptors (Lipinski definition) is 0. The van der Waals surface area contributed by atoms with Crippen molar-refractivity contribution in [2.45, 2.75) is 0 Å². The molecule has 64 heavy (non-hydrogen) atoms. The number of benzene rings is 11. The van der Waals surface area contributed by atoms with Gasteiger partial charge < -0.3 is 9.13 Å². The van der Waals surface area contributed by atoms with Crippen molar-refractivity contribution in [3.63, 3.8) is 0 Å². The fraction of sp³-hybridized carbons (Fsp3) is 0. The van der Waals surface area contributed by atoms with Gasteiger partial charge in [0.25, 0.3) is 0 Å². The zero-order valence-electron chi connectivity index (χ0n) is 34.8. The highest BCUT2D eigenvalue weighted by Gasteiger charge is 2.22. The van der Waals surface area contributed by atoms with Gasteiger partial charge in [-0.2, -0.15) is 0 Å². The Kier molecular flexibility index (Phi) is 7.43. The number of nitrogens with zero attached hydrogens (tertiary/aromatic N) is 2. The van der Waals surface area contributed by atoms with E-state index in [1.54, 1.807) is 0 Å². The first kappa shape index (κ1) is 35.2. The predicted molar refractivity (Wildman–Crippen MR) is 271 cm³/mol. The molecule has 2 heterocycles. The molecule has 2 heteroatoms. The topological polar surface area (TPSA) is 9.86 Å². The summed E-state index contributed by atoms with van der Waals surface area (Å²) in [6.45, 7) is 0. The molecule has 1 aliphatic rings. The summed E-state index contributed by atoms with van der Waals surface area (Å²) in [5, 5.41) is 10.1. The summed E-state index contributed by atoms with van der Waals surface area (Å²) >= 11 is 0. The van der Waals surface area contributed by atoms with Crippen molar-refractivity contribution in [1.29, 1.82) is 0 Å². The van der Waals surface area contributed by atoms with E-state index >= 15 is 0 Å². The molecule has 2 nitrogen and oxygen atoms in total. The molecule has 0 saturated carbocycles.